The highest BCUT2D eigenvalue weighted by molar-refractivity contribution is 8.01. The molecule has 0 saturated carbocycles. The second-order valence-electron chi connectivity index (χ2n) is 10.4. The number of β-lactam (4-membered cyclic amide) rings is 1. The van der Waals surface area contributed by atoms with E-state index in [9.17, 15) is 19.5 Å². The van der Waals surface area contributed by atoms with Gasteiger partial charge in [-0.15, -0.1) is 34.9 Å². The molecule has 0 bridgehead atoms. The predicted octanol–water partition coefficient (Wildman–Crippen LogP) is -0.202. The zero-order valence-corrected chi connectivity index (χ0v) is 26.7. The highest BCUT2D eigenvalue weighted by Crippen LogP contribution is 2.42. The van der Waals surface area contributed by atoms with Gasteiger partial charge in [0.2, 0.25) is 5.52 Å². The first-order chi connectivity index (χ1) is 21.7. The van der Waals surface area contributed by atoms with Crippen LogP contribution >= 0.6 is 34.9 Å². The molecule has 2 amide bonds. The van der Waals surface area contributed by atoms with Crippen molar-refractivity contribution in [2.75, 3.05) is 55.4 Å². The average molecular weight is 673 g/mol. The average Bonchev–Trinajstić information content (AvgIpc) is 3.47. The fraction of sp³-hybridized carbons (Fsp3) is 0.357. The number of carbonyl (C=O) groups excluding carboxylic acids is 3. The molecule has 4 N–H and O–H groups in total. The third-order valence-electron chi connectivity index (χ3n) is 7.71. The number of nitrogen functional groups attached to an aromatic ring is 1. The highest BCUT2D eigenvalue weighted by atomic mass is 32.2. The Kier molecular flexibility index (Phi) is 8.85. The molecule has 3 aromatic rings. The summed E-state index contributed by atoms with van der Waals surface area (Å²) in [5.74, 6) is -2.57. The zero-order chi connectivity index (χ0) is 31.8. The van der Waals surface area contributed by atoms with Gasteiger partial charge in [-0.25, -0.2) is 13.9 Å². The molecule has 3 aliphatic rings. The third-order valence-corrected chi connectivity index (χ3v) is 10.9. The summed E-state index contributed by atoms with van der Waals surface area (Å²) >= 11 is 3.81. The number of aryl methyl sites for hydroxylation is 1. The minimum Gasteiger partial charge on any atom is -0.543 e. The van der Waals surface area contributed by atoms with Crippen molar-refractivity contribution in [3.63, 3.8) is 0 Å². The number of amides is 2. The van der Waals surface area contributed by atoms with Gasteiger partial charge in [-0.3, -0.25) is 14.5 Å². The van der Waals surface area contributed by atoms with Crippen molar-refractivity contribution in [1.82, 2.24) is 20.5 Å². The molecule has 1 aromatic carbocycles. The number of hydrogen-bond acceptors (Lipinski definition) is 13. The summed E-state index contributed by atoms with van der Waals surface area (Å²) in [6.07, 6.45) is 1.89. The Morgan fingerprint density at radius 3 is 2.82 bits per heavy atom. The number of thiazole rings is 1. The number of nitrogens with two attached hydrogens (primary N) is 1. The van der Waals surface area contributed by atoms with Gasteiger partial charge in [-0.2, -0.15) is 0 Å². The fourth-order valence-corrected chi connectivity index (χ4v) is 8.58. The molecular formula is C28H29FN8O5S3. The van der Waals surface area contributed by atoms with Crippen LogP contribution in [0.2, 0.25) is 0 Å². The Labute approximate surface area is 269 Å². The number of anilines is 2. The molecule has 2 atom stereocenters. The van der Waals surface area contributed by atoms with Crippen LogP contribution in [0.3, 0.4) is 0 Å². The summed E-state index contributed by atoms with van der Waals surface area (Å²) in [6.45, 7) is 2.99. The summed E-state index contributed by atoms with van der Waals surface area (Å²) in [4.78, 5) is 51.3. The van der Waals surface area contributed by atoms with E-state index < -0.39 is 29.2 Å². The lowest BCUT2D eigenvalue weighted by atomic mass is 10.0. The number of nitrogens with one attached hydrogen (secondary N) is 2. The number of nitrogens with zero attached hydrogens (tertiary/aromatic N) is 5. The van der Waals surface area contributed by atoms with Gasteiger partial charge >= 0.3 is 0 Å². The van der Waals surface area contributed by atoms with Crippen molar-refractivity contribution in [1.29, 1.82) is 0 Å². The Bertz CT molecular complexity index is 1760. The van der Waals surface area contributed by atoms with E-state index in [1.807, 2.05) is 34.8 Å². The number of benzene rings is 1. The number of fused-ring (bicyclic) bond motifs is 2. The van der Waals surface area contributed by atoms with Crippen LogP contribution in [0.5, 0.6) is 0 Å². The van der Waals surface area contributed by atoms with E-state index in [1.165, 1.54) is 42.1 Å². The lowest BCUT2D eigenvalue weighted by Gasteiger charge is -2.50. The maximum atomic E-state index is 15.4. The molecule has 236 valence electrons. The van der Waals surface area contributed by atoms with Crippen LogP contribution < -0.4 is 30.9 Å². The van der Waals surface area contributed by atoms with E-state index in [4.69, 9.17) is 10.6 Å². The van der Waals surface area contributed by atoms with Crippen LogP contribution in [0.15, 0.2) is 51.1 Å². The lowest BCUT2D eigenvalue weighted by Crippen LogP contribution is -2.71. The summed E-state index contributed by atoms with van der Waals surface area (Å²) in [7, 11) is 3.16. The van der Waals surface area contributed by atoms with Crippen LogP contribution in [0.25, 0.3) is 10.9 Å². The minimum absolute atomic E-state index is 0.162. The quantitative estimate of drug-likeness (QED) is 0.0905. The monoisotopic (exact) mass is 672 g/mol. The smallest absolute Gasteiger partial charge is 0.276 e. The summed E-state index contributed by atoms with van der Waals surface area (Å²) < 4.78 is 17.3. The van der Waals surface area contributed by atoms with E-state index >= 15 is 4.39 Å². The number of thioether (sulfide) groups is 2. The minimum atomic E-state index is -1.48. The first kappa shape index (κ1) is 31.1. The predicted molar refractivity (Wildman–Crippen MR) is 168 cm³/mol. The van der Waals surface area contributed by atoms with Gasteiger partial charge in [0.1, 0.15) is 37.1 Å². The standard InChI is InChI=1S/C28H29FN8O5S3/c1-35-6-3-20(15-9-16(29)19(10-18(15)35)36-7-4-31-5-8-36)43-11-14-12-44-26-22(25(39)37(26)23(14)27(40)41)33-24(38)21(34-42-2)17-13-45-28(30)32-17/h3,6,9-10,13,22,26,31H,4-5,7-8,11-12H2,1-2H3,(H3-,30,32,33,38,40,41)/b34-21-/t22?,26-/m0/s1. The number of carboxylic acid groups (broad SMARTS) is 1. The highest BCUT2D eigenvalue weighted by Gasteiger charge is 2.53. The maximum Gasteiger partial charge on any atom is 0.276 e. The van der Waals surface area contributed by atoms with Gasteiger partial charge in [0.25, 0.3) is 11.8 Å². The maximum absolute atomic E-state index is 15.4. The van der Waals surface area contributed by atoms with E-state index in [2.05, 4.69) is 20.8 Å². The normalized spacial score (nSPS) is 20.2. The van der Waals surface area contributed by atoms with Gasteiger partial charge in [-0.05, 0) is 11.6 Å². The van der Waals surface area contributed by atoms with E-state index in [0.29, 0.717) is 35.5 Å². The van der Waals surface area contributed by atoms with Gasteiger partial charge in [-0.1, -0.05) is 5.16 Å². The van der Waals surface area contributed by atoms with E-state index in [0.717, 1.165) is 39.7 Å². The number of carbonyl (C=O) groups is 3. The molecule has 1 unspecified atom stereocenters. The van der Waals surface area contributed by atoms with Gasteiger partial charge < -0.3 is 36.0 Å². The summed E-state index contributed by atoms with van der Waals surface area (Å²) in [5, 5.41) is 23.8. The van der Waals surface area contributed by atoms with Crippen LogP contribution in [0, 0.1) is 5.82 Å². The van der Waals surface area contributed by atoms with E-state index in [1.54, 1.807) is 0 Å². The number of oxime groups is 1. The molecule has 45 heavy (non-hydrogen) atoms. The Morgan fingerprint density at radius 1 is 1.36 bits per heavy atom. The first-order valence-corrected chi connectivity index (χ1v) is 16.8. The molecule has 6 rings (SSSR count). The SMILES string of the molecule is CO/N=C(\C(=O)NC1C(=O)N2C(C(=O)[O-])=C(CSc3cc[n+](C)c4cc(N5CCNCC5)c(F)cc34)CS[C@@H]12)c1csc(N)n1. The molecule has 3 aliphatic heterocycles. The molecule has 2 aromatic heterocycles. The van der Waals surface area contributed by atoms with Crippen LogP contribution in [-0.4, -0.2) is 89.6 Å². The van der Waals surface area contributed by atoms with E-state index in [-0.39, 0.29) is 33.8 Å². The molecule has 0 spiro atoms. The van der Waals surface area contributed by atoms with Gasteiger partial charge in [0.05, 0.1) is 22.7 Å². The number of aromatic nitrogens is 2. The third kappa shape index (κ3) is 5.92. The van der Waals surface area contributed by atoms with Crippen LogP contribution in [-0.2, 0) is 26.3 Å². The fourth-order valence-electron chi connectivity index (χ4n) is 5.51. The molecule has 0 radical (unpaired) electrons. The summed E-state index contributed by atoms with van der Waals surface area (Å²) in [6, 6.07) is 4.26. The topological polar surface area (TPSA) is 169 Å². The molecular weight excluding hydrogens is 644 g/mol. The Morgan fingerprint density at radius 2 is 2.13 bits per heavy atom. The molecule has 17 heteroatoms. The number of piperazine rings is 1. The van der Waals surface area contributed by atoms with Crippen molar-refractivity contribution in [3.05, 3.63) is 52.6 Å². The Hall–Kier alpha value is -3.93. The van der Waals surface area contributed by atoms with Crippen molar-refractivity contribution >= 4 is 80.1 Å². The number of hydrogen-bond donors (Lipinski definition) is 3. The Balaban J connectivity index is 1.20. The number of halogens is 1. The molecule has 5 heterocycles. The van der Waals surface area contributed by atoms with Crippen molar-refractivity contribution in [2.45, 2.75) is 16.3 Å². The molecule has 0 aliphatic carbocycles. The first-order valence-electron chi connectivity index (χ1n) is 13.9. The van der Waals surface area contributed by atoms with Gasteiger partial charge in [0.15, 0.2) is 17.0 Å². The van der Waals surface area contributed by atoms with Crippen LogP contribution in [0.4, 0.5) is 15.2 Å². The lowest BCUT2D eigenvalue weighted by molar-refractivity contribution is -0.645. The van der Waals surface area contributed by atoms with Gasteiger partial charge in [0, 0.05) is 60.1 Å². The summed E-state index contributed by atoms with van der Waals surface area (Å²) in [5.41, 5.74) is 7.39. The number of pyridine rings is 1. The number of carboxylic acids is 1. The second kappa shape index (κ2) is 12.8. The van der Waals surface area contributed by atoms with Crippen LogP contribution in [0.1, 0.15) is 5.69 Å². The zero-order valence-electron chi connectivity index (χ0n) is 24.2. The van der Waals surface area contributed by atoms with Crippen molar-refractivity contribution in [3.8, 4) is 0 Å². The molecule has 2 saturated heterocycles. The molecule has 2 fully saturated rings. The van der Waals surface area contributed by atoms with Crippen molar-refractivity contribution < 1.29 is 33.3 Å². The number of rotatable bonds is 9. The second-order valence-corrected chi connectivity index (χ2v) is 13.4. The number of aliphatic carboxylic acids is 1. The van der Waals surface area contributed by atoms with Crippen molar-refractivity contribution in [2.24, 2.45) is 12.2 Å². The largest absolute Gasteiger partial charge is 0.543 e. The molecule has 13 nitrogen and oxygen atoms in total.